The van der Waals surface area contributed by atoms with E-state index >= 15 is 0 Å². The minimum absolute atomic E-state index is 0.389. The molecule has 0 unspecified atom stereocenters. The van der Waals surface area contributed by atoms with Gasteiger partial charge in [0.15, 0.2) is 0 Å². The van der Waals surface area contributed by atoms with E-state index in [1.165, 1.54) is 0 Å². The molecule has 4 heteroatoms. The van der Waals surface area contributed by atoms with Crippen molar-refractivity contribution in [3.63, 3.8) is 0 Å². The molecular weight excluding hydrogens is 142 g/mol. The number of nitrogens with zero attached hydrogens (tertiary/aromatic N) is 2. The highest BCUT2D eigenvalue weighted by Gasteiger charge is 2.27. The molecule has 11 heavy (non-hydrogen) atoms. The number of rotatable bonds is 2. The number of anilines is 1. The first-order valence-corrected chi connectivity index (χ1v) is 3.67. The second kappa shape index (κ2) is 2.54. The van der Waals surface area contributed by atoms with Gasteiger partial charge in [-0.2, -0.15) is 0 Å². The SMILES string of the molecule is COC1CN(c2ncc[nH]2)C1. The second-order valence-corrected chi connectivity index (χ2v) is 2.68. The number of ether oxygens (including phenoxy) is 1. The average molecular weight is 153 g/mol. The predicted molar refractivity (Wildman–Crippen MR) is 41.6 cm³/mol. The minimum Gasteiger partial charge on any atom is -0.378 e. The molecule has 0 bridgehead atoms. The van der Waals surface area contributed by atoms with Crippen LogP contribution >= 0.6 is 0 Å². The molecule has 0 spiro atoms. The van der Waals surface area contributed by atoms with Crippen LogP contribution in [-0.2, 0) is 4.74 Å². The Labute approximate surface area is 65.2 Å². The lowest BCUT2D eigenvalue weighted by Crippen LogP contribution is -2.52. The molecule has 0 aromatic carbocycles. The van der Waals surface area contributed by atoms with Crippen molar-refractivity contribution in [2.45, 2.75) is 6.10 Å². The van der Waals surface area contributed by atoms with E-state index in [0.29, 0.717) is 6.10 Å². The third-order valence-corrected chi connectivity index (χ3v) is 1.96. The summed E-state index contributed by atoms with van der Waals surface area (Å²) in [6.07, 6.45) is 3.98. The molecular formula is C7H11N3O. The molecule has 1 N–H and O–H groups in total. The van der Waals surface area contributed by atoms with Crippen molar-refractivity contribution in [3.05, 3.63) is 12.4 Å². The Balaban J connectivity index is 1.92. The predicted octanol–water partition coefficient (Wildman–Crippen LogP) is 0.245. The fourth-order valence-corrected chi connectivity index (χ4v) is 1.19. The Morgan fingerprint density at radius 1 is 1.73 bits per heavy atom. The summed E-state index contributed by atoms with van der Waals surface area (Å²) in [5.41, 5.74) is 0. The van der Waals surface area contributed by atoms with E-state index in [-0.39, 0.29) is 0 Å². The molecule has 1 aromatic heterocycles. The molecule has 1 aromatic rings. The number of aromatic amines is 1. The molecule has 1 aliphatic rings. The maximum absolute atomic E-state index is 5.13. The van der Waals surface area contributed by atoms with Gasteiger partial charge in [-0.25, -0.2) is 4.98 Å². The number of aromatic nitrogens is 2. The van der Waals surface area contributed by atoms with Gasteiger partial charge in [0.05, 0.1) is 6.10 Å². The third kappa shape index (κ3) is 1.09. The van der Waals surface area contributed by atoms with Crippen LogP contribution in [0.4, 0.5) is 5.95 Å². The smallest absolute Gasteiger partial charge is 0.202 e. The highest BCUT2D eigenvalue weighted by atomic mass is 16.5. The molecule has 2 rings (SSSR count). The summed E-state index contributed by atoms with van der Waals surface area (Å²) in [7, 11) is 1.74. The normalized spacial score (nSPS) is 18.5. The molecule has 1 aliphatic heterocycles. The maximum atomic E-state index is 5.13. The summed E-state index contributed by atoms with van der Waals surface area (Å²) in [6, 6.07) is 0. The van der Waals surface area contributed by atoms with Gasteiger partial charge in [0.25, 0.3) is 0 Å². The van der Waals surface area contributed by atoms with Crippen molar-refractivity contribution in [2.24, 2.45) is 0 Å². The Hall–Kier alpha value is -1.03. The third-order valence-electron chi connectivity index (χ3n) is 1.96. The Bertz CT molecular complexity index is 216. The van der Waals surface area contributed by atoms with Crippen LogP contribution in [0.3, 0.4) is 0 Å². The van der Waals surface area contributed by atoms with Crippen LogP contribution in [0.2, 0.25) is 0 Å². The zero-order valence-corrected chi connectivity index (χ0v) is 6.45. The van der Waals surface area contributed by atoms with E-state index in [2.05, 4.69) is 14.9 Å². The molecule has 0 aliphatic carbocycles. The lowest BCUT2D eigenvalue weighted by molar-refractivity contribution is 0.0779. The van der Waals surface area contributed by atoms with E-state index in [4.69, 9.17) is 4.74 Å². The van der Waals surface area contributed by atoms with Gasteiger partial charge in [0, 0.05) is 32.6 Å². The summed E-state index contributed by atoms with van der Waals surface area (Å²) in [4.78, 5) is 9.31. The molecule has 0 saturated carbocycles. The van der Waals surface area contributed by atoms with Gasteiger partial charge < -0.3 is 14.6 Å². The van der Waals surface area contributed by atoms with Crippen LogP contribution in [0.5, 0.6) is 0 Å². The summed E-state index contributed by atoms with van der Waals surface area (Å²) < 4.78 is 5.13. The molecule has 1 saturated heterocycles. The molecule has 0 atom stereocenters. The van der Waals surface area contributed by atoms with Gasteiger partial charge in [-0.05, 0) is 0 Å². The van der Waals surface area contributed by atoms with Crippen molar-refractivity contribution in [2.75, 3.05) is 25.1 Å². The van der Waals surface area contributed by atoms with Gasteiger partial charge in [-0.3, -0.25) is 0 Å². The number of hydrogen-bond acceptors (Lipinski definition) is 3. The fourth-order valence-electron chi connectivity index (χ4n) is 1.19. The van der Waals surface area contributed by atoms with Crippen molar-refractivity contribution < 1.29 is 4.74 Å². The van der Waals surface area contributed by atoms with Crippen molar-refractivity contribution in [1.82, 2.24) is 9.97 Å². The standard InChI is InChI=1S/C7H11N3O/c1-11-6-4-10(5-6)7-8-2-3-9-7/h2-3,6H,4-5H2,1H3,(H,8,9). The number of nitrogens with one attached hydrogen (secondary N) is 1. The van der Waals surface area contributed by atoms with E-state index in [0.717, 1.165) is 19.0 Å². The van der Waals surface area contributed by atoms with Gasteiger partial charge in [0.2, 0.25) is 5.95 Å². The van der Waals surface area contributed by atoms with E-state index < -0.39 is 0 Å². The molecule has 60 valence electrons. The number of imidazole rings is 1. The zero-order valence-electron chi connectivity index (χ0n) is 6.45. The molecule has 1 fully saturated rings. The molecule has 2 heterocycles. The van der Waals surface area contributed by atoms with E-state index in [1.54, 1.807) is 13.3 Å². The largest absolute Gasteiger partial charge is 0.378 e. The van der Waals surface area contributed by atoms with Gasteiger partial charge >= 0.3 is 0 Å². The lowest BCUT2D eigenvalue weighted by atomic mass is 10.2. The first kappa shape index (κ1) is 6.67. The maximum Gasteiger partial charge on any atom is 0.202 e. The number of methoxy groups -OCH3 is 1. The highest BCUT2D eigenvalue weighted by Crippen LogP contribution is 2.16. The molecule has 0 radical (unpaired) electrons. The van der Waals surface area contributed by atoms with Crippen molar-refractivity contribution in [1.29, 1.82) is 0 Å². The van der Waals surface area contributed by atoms with Crippen LogP contribution in [0, 0.1) is 0 Å². The summed E-state index contributed by atoms with van der Waals surface area (Å²) in [5, 5.41) is 0. The van der Waals surface area contributed by atoms with E-state index in [1.807, 2.05) is 6.20 Å². The van der Waals surface area contributed by atoms with Gasteiger partial charge in [-0.1, -0.05) is 0 Å². The first-order valence-electron chi connectivity index (χ1n) is 3.67. The summed E-state index contributed by atoms with van der Waals surface area (Å²) in [6.45, 7) is 1.90. The van der Waals surface area contributed by atoms with Crippen LogP contribution in [0.1, 0.15) is 0 Å². The highest BCUT2D eigenvalue weighted by molar-refractivity contribution is 5.33. The van der Waals surface area contributed by atoms with Crippen LogP contribution in [0.15, 0.2) is 12.4 Å². The van der Waals surface area contributed by atoms with E-state index in [9.17, 15) is 0 Å². The van der Waals surface area contributed by atoms with Crippen LogP contribution in [0.25, 0.3) is 0 Å². The zero-order chi connectivity index (χ0) is 7.68. The monoisotopic (exact) mass is 153 g/mol. The average Bonchev–Trinajstić information content (AvgIpc) is 2.37. The van der Waals surface area contributed by atoms with Gasteiger partial charge in [0.1, 0.15) is 0 Å². The quantitative estimate of drug-likeness (QED) is 0.662. The Morgan fingerprint density at radius 2 is 2.55 bits per heavy atom. The minimum atomic E-state index is 0.389. The first-order chi connectivity index (χ1) is 5.40. The summed E-state index contributed by atoms with van der Waals surface area (Å²) >= 11 is 0. The molecule has 4 nitrogen and oxygen atoms in total. The van der Waals surface area contributed by atoms with Gasteiger partial charge in [-0.15, -0.1) is 0 Å². The summed E-state index contributed by atoms with van der Waals surface area (Å²) in [5.74, 6) is 0.943. The topological polar surface area (TPSA) is 41.1 Å². The van der Waals surface area contributed by atoms with Crippen LogP contribution < -0.4 is 4.90 Å². The number of hydrogen-bond donors (Lipinski definition) is 1. The number of H-pyrrole nitrogens is 1. The van der Waals surface area contributed by atoms with Crippen LogP contribution in [-0.4, -0.2) is 36.3 Å². The fraction of sp³-hybridized carbons (Fsp3) is 0.571. The molecule has 0 amide bonds. The second-order valence-electron chi connectivity index (χ2n) is 2.68. The lowest BCUT2D eigenvalue weighted by Gasteiger charge is -2.37. The Kier molecular flexibility index (Phi) is 1.54. The van der Waals surface area contributed by atoms with Crippen molar-refractivity contribution >= 4 is 5.95 Å². The Morgan fingerprint density at radius 3 is 3.09 bits per heavy atom. The van der Waals surface area contributed by atoms with Crippen molar-refractivity contribution in [3.8, 4) is 0 Å².